The van der Waals surface area contributed by atoms with Crippen molar-refractivity contribution in [3.63, 3.8) is 0 Å². The summed E-state index contributed by atoms with van der Waals surface area (Å²) in [5.74, 6) is 0. The molecule has 75 valence electrons. The molecule has 0 fully saturated rings. The molecule has 2 rings (SSSR count). The summed E-state index contributed by atoms with van der Waals surface area (Å²) in [5.41, 5.74) is 10.5. The first kappa shape index (κ1) is 9.94. The zero-order chi connectivity index (χ0) is 10.7. The van der Waals surface area contributed by atoms with Crippen molar-refractivity contribution in [3.05, 3.63) is 59.7 Å². The van der Waals surface area contributed by atoms with Gasteiger partial charge in [0, 0.05) is 6.54 Å². The second-order valence-electron chi connectivity index (χ2n) is 3.64. The maximum absolute atomic E-state index is 5.56. The summed E-state index contributed by atoms with van der Waals surface area (Å²) in [6.07, 6.45) is 0. The van der Waals surface area contributed by atoms with Crippen LogP contribution >= 0.6 is 0 Å². The van der Waals surface area contributed by atoms with Crippen molar-refractivity contribution in [2.45, 2.75) is 13.5 Å². The predicted molar refractivity (Wildman–Crippen MR) is 63.3 cm³/mol. The SMILES string of the molecule is Cc1cc[c]cc1-c1ccc(CN)cc1. The van der Waals surface area contributed by atoms with E-state index in [4.69, 9.17) is 5.73 Å². The molecule has 0 heterocycles. The Morgan fingerprint density at radius 2 is 1.87 bits per heavy atom. The minimum atomic E-state index is 0.597. The molecule has 2 aromatic rings. The van der Waals surface area contributed by atoms with E-state index in [9.17, 15) is 0 Å². The lowest BCUT2D eigenvalue weighted by Gasteiger charge is -2.06. The standard InChI is InChI=1S/C14H14N/c1-11-4-2-3-5-14(11)13-8-6-12(10-15)7-9-13/h2,4-9H,10,15H2,1H3. The lowest BCUT2D eigenvalue weighted by molar-refractivity contribution is 1.07. The highest BCUT2D eigenvalue weighted by atomic mass is 14.5. The quantitative estimate of drug-likeness (QED) is 0.785. The Morgan fingerprint density at radius 1 is 1.13 bits per heavy atom. The van der Waals surface area contributed by atoms with Crippen LogP contribution in [0, 0.1) is 13.0 Å². The van der Waals surface area contributed by atoms with E-state index in [0.717, 1.165) is 5.56 Å². The van der Waals surface area contributed by atoms with Gasteiger partial charge in [0.05, 0.1) is 0 Å². The molecule has 1 radical (unpaired) electrons. The van der Waals surface area contributed by atoms with Gasteiger partial charge in [0.1, 0.15) is 0 Å². The number of nitrogens with two attached hydrogens (primary N) is 1. The molecule has 2 aromatic carbocycles. The van der Waals surface area contributed by atoms with E-state index in [1.807, 2.05) is 12.1 Å². The number of rotatable bonds is 2. The summed E-state index contributed by atoms with van der Waals surface area (Å²) in [6.45, 7) is 2.71. The fourth-order valence-corrected chi connectivity index (χ4v) is 1.64. The number of hydrogen-bond donors (Lipinski definition) is 1. The van der Waals surface area contributed by atoms with Crippen molar-refractivity contribution in [3.8, 4) is 11.1 Å². The van der Waals surface area contributed by atoms with E-state index in [2.05, 4.69) is 43.3 Å². The van der Waals surface area contributed by atoms with Crippen LogP contribution in [0.4, 0.5) is 0 Å². The van der Waals surface area contributed by atoms with Gasteiger partial charge in [-0.05, 0) is 41.3 Å². The first-order chi connectivity index (χ1) is 7.31. The van der Waals surface area contributed by atoms with Gasteiger partial charge < -0.3 is 5.73 Å². The van der Waals surface area contributed by atoms with Crippen LogP contribution in [0.5, 0.6) is 0 Å². The lowest BCUT2D eigenvalue weighted by atomic mass is 10.00. The molecule has 0 saturated heterocycles. The average Bonchev–Trinajstić information content (AvgIpc) is 2.30. The van der Waals surface area contributed by atoms with Crippen LogP contribution in [0.3, 0.4) is 0 Å². The lowest BCUT2D eigenvalue weighted by Crippen LogP contribution is -1.95. The Balaban J connectivity index is 2.42. The van der Waals surface area contributed by atoms with Crippen LogP contribution in [0.2, 0.25) is 0 Å². The molecule has 0 aliphatic carbocycles. The molecular formula is C14H14N. The van der Waals surface area contributed by atoms with E-state index in [1.54, 1.807) is 0 Å². The smallest absolute Gasteiger partial charge is 0.0178 e. The molecule has 0 aliphatic heterocycles. The fourth-order valence-electron chi connectivity index (χ4n) is 1.64. The summed E-state index contributed by atoms with van der Waals surface area (Å²) in [4.78, 5) is 0. The minimum absolute atomic E-state index is 0.597. The van der Waals surface area contributed by atoms with Gasteiger partial charge in [0.15, 0.2) is 0 Å². The summed E-state index contributed by atoms with van der Waals surface area (Å²) in [5, 5.41) is 0. The largest absolute Gasteiger partial charge is 0.326 e. The Kier molecular flexibility index (Phi) is 2.84. The van der Waals surface area contributed by atoms with Crippen molar-refractivity contribution >= 4 is 0 Å². The van der Waals surface area contributed by atoms with Crippen molar-refractivity contribution in [1.82, 2.24) is 0 Å². The summed E-state index contributed by atoms with van der Waals surface area (Å²) in [7, 11) is 0. The van der Waals surface area contributed by atoms with Crippen LogP contribution in [0.1, 0.15) is 11.1 Å². The molecule has 0 atom stereocenters. The van der Waals surface area contributed by atoms with Crippen molar-refractivity contribution in [2.24, 2.45) is 5.73 Å². The Labute approximate surface area is 90.6 Å². The second kappa shape index (κ2) is 4.28. The third kappa shape index (κ3) is 2.08. The topological polar surface area (TPSA) is 26.0 Å². The van der Waals surface area contributed by atoms with Crippen molar-refractivity contribution in [2.75, 3.05) is 0 Å². The van der Waals surface area contributed by atoms with E-state index in [-0.39, 0.29) is 0 Å². The van der Waals surface area contributed by atoms with Gasteiger partial charge in [-0.15, -0.1) is 0 Å². The molecule has 15 heavy (non-hydrogen) atoms. The highest BCUT2D eigenvalue weighted by Gasteiger charge is 2.00. The normalized spacial score (nSPS) is 10.3. The first-order valence-corrected chi connectivity index (χ1v) is 5.07. The van der Waals surface area contributed by atoms with Gasteiger partial charge in [0.2, 0.25) is 0 Å². The predicted octanol–water partition coefficient (Wildman–Crippen LogP) is 2.92. The molecule has 2 N–H and O–H groups in total. The molecule has 0 aromatic heterocycles. The molecule has 0 amide bonds. The van der Waals surface area contributed by atoms with Crippen LogP contribution in [0.25, 0.3) is 11.1 Å². The van der Waals surface area contributed by atoms with E-state index in [0.29, 0.717) is 6.54 Å². The van der Waals surface area contributed by atoms with E-state index >= 15 is 0 Å². The van der Waals surface area contributed by atoms with Gasteiger partial charge >= 0.3 is 0 Å². The number of hydrogen-bond acceptors (Lipinski definition) is 1. The third-order valence-electron chi connectivity index (χ3n) is 2.58. The van der Waals surface area contributed by atoms with Gasteiger partial charge in [-0.2, -0.15) is 0 Å². The van der Waals surface area contributed by atoms with Crippen molar-refractivity contribution in [1.29, 1.82) is 0 Å². The molecule has 0 spiro atoms. The number of benzene rings is 2. The molecular weight excluding hydrogens is 182 g/mol. The molecule has 0 bridgehead atoms. The van der Waals surface area contributed by atoms with Crippen molar-refractivity contribution < 1.29 is 0 Å². The summed E-state index contributed by atoms with van der Waals surface area (Å²) >= 11 is 0. The third-order valence-corrected chi connectivity index (χ3v) is 2.58. The van der Waals surface area contributed by atoms with Gasteiger partial charge in [-0.25, -0.2) is 0 Å². The molecule has 0 aliphatic rings. The highest BCUT2D eigenvalue weighted by Crippen LogP contribution is 2.22. The molecule has 0 saturated carbocycles. The average molecular weight is 196 g/mol. The highest BCUT2D eigenvalue weighted by molar-refractivity contribution is 5.66. The molecule has 0 unspecified atom stereocenters. The van der Waals surface area contributed by atoms with Gasteiger partial charge in [-0.3, -0.25) is 0 Å². The van der Waals surface area contributed by atoms with Crippen LogP contribution in [-0.2, 0) is 6.54 Å². The first-order valence-electron chi connectivity index (χ1n) is 5.07. The van der Waals surface area contributed by atoms with Crippen LogP contribution in [0.15, 0.2) is 42.5 Å². The summed E-state index contributed by atoms with van der Waals surface area (Å²) < 4.78 is 0. The van der Waals surface area contributed by atoms with Gasteiger partial charge in [0.25, 0.3) is 0 Å². The zero-order valence-corrected chi connectivity index (χ0v) is 8.83. The molecule has 1 nitrogen and oxygen atoms in total. The van der Waals surface area contributed by atoms with E-state index < -0.39 is 0 Å². The minimum Gasteiger partial charge on any atom is -0.326 e. The summed E-state index contributed by atoms with van der Waals surface area (Å²) in [6, 6.07) is 17.5. The Hall–Kier alpha value is -1.60. The maximum Gasteiger partial charge on any atom is 0.0178 e. The van der Waals surface area contributed by atoms with Crippen LogP contribution < -0.4 is 5.73 Å². The van der Waals surface area contributed by atoms with E-state index in [1.165, 1.54) is 16.7 Å². The maximum atomic E-state index is 5.56. The monoisotopic (exact) mass is 196 g/mol. The fraction of sp³-hybridized carbons (Fsp3) is 0.143. The Bertz CT molecular complexity index is 443. The zero-order valence-electron chi connectivity index (χ0n) is 8.83. The molecule has 1 heteroatoms. The van der Waals surface area contributed by atoms with Gasteiger partial charge in [-0.1, -0.05) is 36.4 Å². The number of aryl methyl sites for hydroxylation is 1. The Morgan fingerprint density at radius 3 is 2.47 bits per heavy atom. The van der Waals surface area contributed by atoms with Crippen LogP contribution in [-0.4, -0.2) is 0 Å². The second-order valence-corrected chi connectivity index (χ2v) is 3.64.